The number of rotatable bonds is 4. The Morgan fingerprint density at radius 2 is 2.10 bits per heavy atom. The molecule has 2 N–H and O–H groups in total. The highest BCUT2D eigenvalue weighted by Gasteiger charge is 2.31. The van der Waals surface area contributed by atoms with Gasteiger partial charge in [-0.05, 0) is 53.1 Å². The predicted molar refractivity (Wildman–Crippen MR) is 85.3 cm³/mol. The number of hydrogen-bond donors (Lipinski definition) is 2. The summed E-state index contributed by atoms with van der Waals surface area (Å²) in [5.74, 6) is -0.228. The van der Waals surface area contributed by atoms with Gasteiger partial charge in [0.15, 0.2) is 0 Å². The van der Waals surface area contributed by atoms with E-state index in [4.69, 9.17) is 5.11 Å². The summed E-state index contributed by atoms with van der Waals surface area (Å²) in [6.45, 7) is 4.23. The number of sulfonamides is 1. The van der Waals surface area contributed by atoms with Crippen LogP contribution in [0.4, 0.5) is 0 Å². The topological polar surface area (TPSA) is 83.5 Å². The second-order valence-corrected chi connectivity index (χ2v) is 9.73. The zero-order chi connectivity index (χ0) is 15.8. The summed E-state index contributed by atoms with van der Waals surface area (Å²) in [7, 11) is -3.70. The van der Waals surface area contributed by atoms with Crippen LogP contribution in [0.5, 0.6) is 0 Å². The molecule has 0 aromatic carbocycles. The summed E-state index contributed by atoms with van der Waals surface area (Å²) in [6.07, 6.45) is 2.82. The van der Waals surface area contributed by atoms with Gasteiger partial charge in [-0.3, -0.25) is 0 Å². The molecule has 1 aliphatic rings. The first-order chi connectivity index (χ1) is 9.70. The molecule has 118 valence electrons. The van der Waals surface area contributed by atoms with E-state index >= 15 is 0 Å². The lowest BCUT2D eigenvalue weighted by atomic mass is 9.80. The Morgan fingerprint density at radius 1 is 1.43 bits per heavy atom. The van der Waals surface area contributed by atoms with Gasteiger partial charge in [0.25, 0.3) is 0 Å². The van der Waals surface area contributed by atoms with E-state index in [0.29, 0.717) is 9.70 Å². The first-order valence-corrected chi connectivity index (χ1v) is 9.85. The maximum Gasteiger partial charge on any atom is 0.345 e. The molecule has 0 radical (unpaired) electrons. The van der Waals surface area contributed by atoms with Gasteiger partial charge in [-0.15, -0.1) is 11.3 Å². The van der Waals surface area contributed by atoms with Crippen LogP contribution in [0.3, 0.4) is 0 Å². The van der Waals surface area contributed by atoms with E-state index in [0.717, 1.165) is 30.6 Å². The minimum Gasteiger partial charge on any atom is -0.477 e. The van der Waals surface area contributed by atoms with Crippen molar-refractivity contribution < 1.29 is 18.3 Å². The van der Waals surface area contributed by atoms with Crippen LogP contribution in [0, 0.1) is 11.8 Å². The Bertz CT molecular complexity index is 641. The monoisotopic (exact) mass is 395 g/mol. The molecule has 0 aliphatic heterocycles. The number of carbonyl (C=O) groups is 1. The van der Waals surface area contributed by atoms with Crippen LogP contribution in [0.1, 0.15) is 42.8 Å². The second-order valence-electron chi connectivity index (χ2n) is 5.68. The highest BCUT2D eigenvalue weighted by Crippen LogP contribution is 2.34. The molecule has 0 spiro atoms. The van der Waals surface area contributed by atoms with E-state index in [9.17, 15) is 13.2 Å². The fraction of sp³-hybridized carbons (Fsp3) is 0.615. The lowest BCUT2D eigenvalue weighted by molar-refractivity contribution is 0.0702. The summed E-state index contributed by atoms with van der Waals surface area (Å²) >= 11 is 4.06. The summed E-state index contributed by atoms with van der Waals surface area (Å²) in [5.41, 5.74) is 0. The normalized spacial score (nSPS) is 26.7. The minimum atomic E-state index is -3.70. The smallest absolute Gasteiger partial charge is 0.345 e. The maximum atomic E-state index is 12.5. The average Bonchev–Trinajstić information content (AvgIpc) is 2.76. The number of nitrogens with one attached hydrogen (secondary N) is 1. The second kappa shape index (κ2) is 6.36. The van der Waals surface area contributed by atoms with Gasteiger partial charge >= 0.3 is 5.97 Å². The molecule has 0 bridgehead atoms. The van der Waals surface area contributed by atoms with Gasteiger partial charge in [-0.2, -0.15) is 0 Å². The fourth-order valence-corrected chi connectivity index (χ4v) is 6.53. The molecule has 8 heteroatoms. The zero-order valence-corrected chi connectivity index (χ0v) is 15.0. The largest absolute Gasteiger partial charge is 0.477 e. The molecule has 0 amide bonds. The van der Waals surface area contributed by atoms with E-state index in [1.807, 2.05) is 6.92 Å². The van der Waals surface area contributed by atoms with Crippen molar-refractivity contribution in [3.05, 3.63) is 14.7 Å². The van der Waals surface area contributed by atoms with Crippen LogP contribution in [0.25, 0.3) is 0 Å². The van der Waals surface area contributed by atoms with Gasteiger partial charge in [0.2, 0.25) is 10.0 Å². The third-order valence-electron chi connectivity index (χ3n) is 3.89. The lowest BCUT2D eigenvalue weighted by Crippen LogP contribution is -2.42. The molecule has 1 saturated carbocycles. The average molecular weight is 396 g/mol. The molecule has 5 nitrogen and oxygen atoms in total. The van der Waals surface area contributed by atoms with E-state index in [2.05, 4.69) is 27.6 Å². The highest BCUT2D eigenvalue weighted by molar-refractivity contribution is 9.11. The molecule has 1 aromatic heterocycles. The first-order valence-electron chi connectivity index (χ1n) is 6.75. The van der Waals surface area contributed by atoms with Crippen molar-refractivity contribution >= 4 is 43.3 Å². The minimum absolute atomic E-state index is 0.00700. The maximum absolute atomic E-state index is 12.5. The van der Waals surface area contributed by atoms with Gasteiger partial charge in [0.1, 0.15) is 9.77 Å². The van der Waals surface area contributed by atoms with Gasteiger partial charge in [0.05, 0.1) is 3.79 Å². The third kappa shape index (κ3) is 3.85. The summed E-state index contributed by atoms with van der Waals surface area (Å²) < 4.78 is 28.0. The van der Waals surface area contributed by atoms with E-state index in [1.165, 1.54) is 6.07 Å². The van der Waals surface area contributed by atoms with Gasteiger partial charge < -0.3 is 5.11 Å². The van der Waals surface area contributed by atoms with Crippen molar-refractivity contribution in [2.45, 2.75) is 44.0 Å². The zero-order valence-electron chi connectivity index (χ0n) is 11.8. The predicted octanol–water partition coefficient (Wildman–Crippen LogP) is 3.31. The molecule has 1 fully saturated rings. The molecule has 1 heterocycles. The van der Waals surface area contributed by atoms with Crippen molar-refractivity contribution in [2.24, 2.45) is 11.8 Å². The Morgan fingerprint density at radius 3 is 2.62 bits per heavy atom. The number of halogens is 1. The number of thiophene rings is 1. The van der Waals surface area contributed by atoms with E-state index < -0.39 is 16.0 Å². The molecule has 3 unspecified atom stereocenters. The number of carboxylic acid groups (broad SMARTS) is 1. The van der Waals surface area contributed by atoms with Crippen LogP contribution in [0.2, 0.25) is 0 Å². The van der Waals surface area contributed by atoms with Crippen LogP contribution < -0.4 is 4.72 Å². The highest BCUT2D eigenvalue weighted by atomic mass is 79.9. The number of carboxylic acids is 1. The Kier molecular flexibility index (Phi) is 5.12. The van der Waals surface area contributed by atoms with Crippen LogP contribution >= 0.6 is 27.3 Å². The van der Waals surface area contributed by atoms with Gasteiger partial charge in [-0.1, -0.05) is 13.8 Å². The van der Waals surface area contributed by atoms with E-state index in [1.54, 1.807) is 0 Å². The first kappa shape index (κ1) is 16.9. The Labute approximate surface area is 136 Å². The van der Waals surface area contributed by atoms with Crippen molar-refractivity contribution in [1.82, 2.24) is 4.72 Å². The molecular weight excluding hydrogens is 378 g/mol. The molecule has 21 heavy (non-hydrogen) atoms. The Balaban J connectivity index is 2.20. The van der Waals surface area contributed by atoms with Crippen molar-refractivity contribution in [1.29, 1.82) is 0 Å². The summed E-state index contributed by atoms with van der Waals surface area (Å²) in [6, 6.07) is 1.11. The van der Waals surface area contributed by atoms with Gasteiger partial charge in [0, 0.05) is 6.04 Å². The summed E-state index contributed by atoms with van der Waals surface area (Å²) in [4.78, 5) is 11.0. The summed E-state index contributed by atoms with van der Waals surface area (Å²) in [5, 5.41) is 8.96. The fourth-order valence-electron chi connectivity index (χ4n) is 2.74. The van der Waals surface area contributed by atoms with Crippen LogP contribution in [-0.4, -0.2) is 25.5 Å². The molecule has 0 saturated heterocycles. The standard InChI is InChI=1S/C13H18BrNO4S2/c1-7-3-4-9(8(2)5-7)15-21(18,19)11-6-10(13(16)17)20-12(11)14/h6-9,15H,3-5H2,1-2H3,(H,16,17). The molecule has 2 rings (SSSR count). The van der Waals surface area contributed by atoms with Crippen molar-refractivity contribution in [3.63, 3.8) is 0 Å². The molecule has 3 atom stereocenters. The molecular formula is C13H18BrNO4S2. The SMILES string of the molecule is CC1CCC(NS(=O)(=O)c2cc(C(=O)O)sc2Br)C(C)C1. The van der Waals surface area contributed by atoms with Crippen molar-refractivity contribution in [2.75, 3.05) is 0 Å². The quantitative estimate of drug-likeness (QED) is 0.818. The van der Waals surface area contributed by atoms with Crippen molar-refractivity contribution in [3.8, 4) is 0 Å². The van der Waals surface area contributed by atoms with Crippen LogP contribution in [-0.2, 0) is 10.0 Å². The molecule has 1 aliphatic carbocycles. The van der Waals surface area contributed by atoms with Gasteiger partial charge in [-0.25, -0.2) is 17.9 Å². The lowest BCUT2D eigenvalue weighted by Gasteiger charge is -2.32. The number of aromatic carboxylic acids is 1. The van der Waals surface area contributed by atoms with E-state index in [-0.39, 0.29) is 21.7 Å². The number of hydrogen-bond acceptors (Lipinski definition) is 4. The molecule has 1 aromatic rings. The Hall–Kier alpha value is -0.440. The third-order valence-corrected chi connectivity index (χ3v) is 7.62. The van der Waals surface area contributed by atoms with Crippen LogP contribution in [0.15, 0.2) is 14.7 Å².